The number of carbonyl (C=O) groups is 5. The lowest BCUT2D eigenvalue weighted by Crippen LogP contribution is -2.54. The van der Waals surface area contributed by atoms with Crippen LogP contribution in [0.5, 0.6) is 5.75 Å². The van der Waals surface area contributed by atoms with E-state index in [2.05, 4.69) is 36.1 Å². The SMILES string of the molecule is COc1cc(C(O)NC2CCN(CCOCCNc3cccc4c3C(=O)N(C3CCC(=O)NC3=O)C4=O)C2)c(F)cc1Nc1ncc2c(n1)N(C1CCCC1)CC(F)(F)C(=O)N2C. The van der Waals surface area contributed by atoms with Crippen molar-refractivity contribution in [1.82, 2.24) is 30.4 Å². The van der Waals surface area contributed by atoms with Gasteiger partial charge in [0, 0.05) is 62.5 Å². The molecular formula is C42H49F3N10O8. The average Bonchev–Trinajstić information content (AvgIpc) is 4.01. The largest absolute Gasteiger partial charge is 0.495 e. The minimum Gasteiger partial charge on any atom is -0.495 e. The lowest BCUT2D eigenvalue weighted by atomic mass is 10.0. The van der Waals surface area contributed by atoms with Gasteiger partial charge in [-0.2, -0.15) is 13.8 Å². The number of benzene rings is 2. The van der Waals surface area contributed by atoms with Crippen LogP contribution in [0.25, 0.3) is 0 Å². The zero-order valence-corrected chi connectivity index (χ0v) is 34.8. The first-order chi connectivity index (χ1) is 30.2. The summed E-state index contributed by atoms with van der Waals surface area (Å²) in [6, 6.07) is 5.88. The molecule has 18 nitrogen and oxygen atoms in total. The lowest BCUT2D eigenvalue weighted by Gasteiger charge is -2.31. The van der Waals surface area contributed by atoms with Gasteiger partial charge in [-0.15, -0.1) is 0 Å². The molecule has 1 aliphatic carbocycles. The Bertz CT molecular complexity index is 2300. The molecule has 2 saturated heterocycles. The van der Waals surface area contributed by atoms with E-state index in [4.69, 9.17) is 9.47 Å². The molecule has 3 aromatic rings. The fourth-order valence-electron chi connectivity index (χ4n) is 8.97. The maximum Gasteiger partial charge on any atom is 0.342 e. The highest BCUT2D eigenvalue weighted by molar-refractivity contribution is 6.25. The molecule has 8 rings (SSSR count). The van der Waals surface area contributed by atoms with Gasteiger partial charge in [0.25, 0.3) is 17.7 Å². The van der Waals surface area contributed by atoms with Gasteiger partial charge in [-0.3, -0.25) is 44.4 Å². The Morgan fingerprint density at radius 2 is 1.83 bits per heavy atom. The maximum atomic E-state index is 15.7. The Labute approximate surface area is 360 Å². The Morgan fingerprint density at radius 1 is 1.03 bits per heavy atom. The first-order valence-corrected chi connectivity index (χ1v) is 21.0. The molecule has 336 valence electrons. The number of alkyl halides is 2. The zero-order chi connectivity index (χ0) is 44.6. The number of ether oxygens (including phenoxy) is 2. The molecule has 3 unspecified atom stereocenters. The molecule has 1 saturated carbocycles. The van der Waals surface area contributed by atoms with Gasteiger partial charge < -0.3 is 35.0 Å². The molecule has 5 amide bonds. The fourth-order valence-corrected chi connectivity index (χ4v) is 8.97. The van der Waals surface area contributed by atoms with Gasteiger partial charge >= 0.3 is 5.92 Å². The summed E-state index contributed by atoms with van der Waals surface area (Å²) in [5, 5.41) is 22.5. The first kappa shape index (κ1) is 43.7. The lowest BCUT2D eigenvalue weighted by molar-refractivity contribution is -0.140. The Kier molecular flexibility index (Phi) is 12.5. The number of amides is 5. The van der Waals surface area contributed by atoms with Gasteiger partial charge in [-0.05, 0) is 50.4 Å². The third kappa shape index (κ3) is 8.86. The van der Waals surface area contributed by atoms with E-state index in [9.17, 15) is 29.1 Å². The van der Waals surface area contributed by atoms with Crippen LogP contribution in [-0.2, 0) is 19.1 Å². The molecule has 2 aromatic carbocycles. The standard InChI is InChI=1S/C42H49F3N10O8/c1-52-31-20-47-41(51-35(31)54(24-6-3-4-7-24)22-42(44,45)40(52)61)49-29-19-27(43)26(18-32(29)62-2)36(57)48-23-12-14-53(21-23)15-17-63-16-13-46-28-9-5-8-25-34(28)39(60)55(38(25)59)30-10-11-33(56)50-37(30)58/h5,8-9,18-20,23-24,30,36,46,48,57H,3-4,6-7,10-17,21-22H2,1-2H3,(H,47,49,51)(H,50,56,58). The van der Waals surface area contributed by atoms with E-state index in [1.54, 1.807) is 12.1 Å². The monoisotopic (exact) mass is 878 g/mol. The number of aliphatic hydroxyl groups is 1. The third-order valence-electron chi connectivity index (χ3n) is 12.2. The first-order valence-electron chi connectivity index (χ1n) is 21.0. The molecule has 3 fully saturated rings. The molecule has 0 bridgehead atoms. The van der Waals surface area contributed by atoms with Gasteiger partial charge in [0.05, 0.1) is 49.9 Å². The van der Waals surface area contributed by atoms with Crippen molar-refractivity contribution in [2.24, 2.45) is 0 Å². The predicted octanol–water partition coefficient (Wildman–Crippen LogP) is 2.91. The molecule has 5 aliphatic rings. The minimum atomic E-state index is -3.64. The van der Waals surface area contributed by atoms with E-state index in [1.165, 1.54) is 37.4 Å². The molecule has 1 aromatic heterocycles. The molecule has 3 atom stereocenters. The molecule has 0 spiro atoms. The fraction of sp³-hybridized carbons (Fsp3) is 0.500. The Morgan fingerprint density at radius 3 is 2.59 bits per heavy atom. The number of methoxy groups -OCH3 is 1. The number of nitrogens with one attached hydrogen (secondary N) is 4. The molecule has 21 heteroatoms. The normalized spacial score (nSPS) is 22.0. The van der Waals surface area contributed by atoms with Crippen LogP contribution in [0.15, 0.2) is 36.5 Å². The highest BCUT2D eigenvalue weighted by atomic mass is 19.3. The molecular weight excluding hydrogens is 830 g/mol. The van der Waals surface area contributed by atoms with E-state index < -0.39 is 60.1 Å². The van der Waals surface area contributed by atoms with Crippen molar-refractivity contribution in [3.8, 4) is 5.75 Å². The third-order valence-corrected chi connectivity index (χ3v) is 12.2. The summed E-state index contributed by atoms with van der Waals surface area (Å²) >= 11 is 0. The van der Waals surface area contributed by atoms with Crippen molar-refractivity contribution in [3.63, 3.8) is 0 Å². The summed E-state index contributed by atoms with van der Waals surface area (Å²) in [5.74, 6) is -7.71. The number of carbonyl (C=O) groups excluding carboxylic acids is 5. The van der Waals surface area contributed by atoms with E-state index in [1.807, 2.05) is 0 Å². The quantitative estimate of drug-likeness (QED) is 0.0845. The number of rotatable bonds is 15. The number of hydrogen-bond acceptors (Lipinski definition) is 15. The predicted molar refractivity (Wildman–Crippen MR) is 222 cm³/mol. The van der Waals surface area contributed by atoms with Crippen LogP contribution < -0.4 is 35.8 Å². The maximum absolute atomic E-state index is 15.7. The summed E-state index contributed by atoms with van der Waals surface area (Å²) < 4.78 is 57.1. The number of hydrogen-bond donors (Lipinski definition) is 5. The summed E-state index contributed by atoms with van der Waals surface area (Å²) in [7, 11) is 2.64. The average molecular weight is 879 g/mol. The second kappa shape index (κ2) is 18.1. The van der Waals surface area contributed by atoms with Gasteiger partial charge in [-0.1, -0.05) is 18.9 Å². The molecule has 4 aliphatic heterocycles. The summed E-state index contributed by atoms with van der Waals surface area (Å²) in [6.07, 6.45) is 3.78. The van der Waals surface area contributed by atoms with Crippen LogP contribution in [0.2, 0.25) is 0 Å². The molecule has 0 radical (unpaired) electrons. The van der Waals surface area contributed by atoms with E-state index in [0.717, 1.165) is 28.7 Å². The molecule has 5 heterocycles. The van der Waals surface area contributed by atoms with Crippen molar-refractivity contribution in [3.05, 3.63) is 59.0 Å². The zero-order valence-electron chi connectivity index (χ0n) is 34.8. The van der Waals surface area contributed by atoms with Gasteiger partial charge in [-0.25, -0.2) is 9.37 Å². The number of aliphatic hydroxyl groups excluding tert-OH is 1. The van der Waals surface area contributed by atoms with Crippen LogP contribution in [-0.4, -0.2) is 139 Å². The number of imide groups is 2. The molecule has 5 N–H and O–H groups in total. The van der Waals surface area contributed by atoms with E-state index in [0.29, 0.717) is 57.7 Å². The van der Waals surface area contributed by atoms with Crippen molar-refractivity contribution in [1.29, 1.82) is 0 Å². The Hall–Kier alpha value is -5.90. The number of halogens is 3. The number of aromatic nitrogens is 2. The van der Waals surface area contributed by atoms with Crippen LogP contribution in [0.3, 0.4) is 0 Å². The van der Waals surface area contributed by atoms with Gasteiger partial charge in [0.1, 0.15) is 29.5 Å². The van der Waals surface area contributed by atoms with Crippen LogP contribution in [0, 0.1) is 5.82 Å². The smallest absolute Gasteiger partial charge is 0.342 e. The van der Waals surface area contributed by atoms with Crippen molar-refractivity contribution >= 4 is 58.4 Å². The number of nitrogens with zero attached hydrogens (tertiary/aromatic N) is 6. The second-order valence-corrected chi connectivity index (χ2v) is 16.3. The minimum absolute atomic E-state index is 0.0214. The topological polar surface area (TPSA) is 211 Å². The van der Waals surface area contributed by atoms with Crippen molar-refractivity contribution in [2.75, 3.05) is 80.5 Å². The van der Waals surface area contributed by atoms with E-state index in [-0.39, 0.29) is 77.1 Å². The number of piperidine rings is 1. The van der Waals surface area contributed by atoms with Crippen LogP contribution in [0.4, 0.5) is 42.0 Å². The van der Waals surface area contributed by atoms with E-state index >= 15 is 13.2 Å². The summed E-state index contributed by atoms with van der Waals surface area (Å²) in [4.78, 5) is 77.3. The van der Waals surface area contributed by atoms with Crippen molar-refractivity contribution in [2.45, 2.75) is 75.2 Å². The van der Waals surface area contributed by atoms with Crippen molar-refractivity contribution < 1.29 is 51.7 Å². The highest BCUT2D eigenvalue weighted by Gasteiger charge is 2.49. The van der Waals surface area contributed by atoms with Crippen LogP contribution >= 0.6 is 0 Å². The number of likely N-dealkylation sites (tertiary alicyclic amines) is 1. The Balaban J connectivity index is 0.818. The second-order valence-electron chi connectivity index (χ2n) is 16.3. The van der Waals surface area contributed by atoms with Gasteiger partial charge in [0.2, 0.25) is 17.8 Å². The van der Waals surface area contributed by atoms with Gasteiger partial charge in [0.15, 0.2) is 5.82 Å². The highest BCUT2D eigenvalue weighted by Crippen LogP contribution is 2.41. The van der Waals surface area contributed by atoms with Crippen LogP contribution in [0.1, 0.15) is 77.5 Å². The number of fused-ring (bicyclic) bond motifs is 2. The number of anilines is 5. The summed E-state index contributed by atoms with van der Waals surface area (Å²) in [5.41, 5.74) is 1.01. The summed E-state index contributed by atoms with van der Waals surface area (Å²) in [6.45, 7) is 2.04. The molecule has 63 heavy (non-hydrogen) atoms.